The summed E-state index contributed by atoms with van der Waals surface area (Å²) in [4.78, 5) is 36.4. The van der Waals surface area contributed by atoms with Crippen molar-refractivity contribution in [3.8, 4) is 0 Å². The van der Waals surface area contributed by atoms with Gasteiger partial charge in [-0.3, -0.25) is 9.59 Å². The first kappa shape index (κ1) is 24.3. The Morgan fingerprint density at radius 2 is 1.65 bits per heavy atom. The molecule has 0 aliphatic heterocycles. The van der Waals surface area contributed by atoms with E-state index in [-0.39, 0.29) is 18.9 Å². The number of carbonyl (C=O) groups excluding carboxylic acids is 3. The molecular formula is C20H34O6. The molecule has 0 heterocycles. The SMILES string of the molecule is CC(=O)OC(C/C=C(/C)CCCC(C)CO)(C(C)=O)C(=O)OC(C)(C)C. The van der Waals surface area contributed by atoms with Crippen molar-refractivity contribution in [2.45, 2.75) is 85.4 Å². The minimum absolute atomic E-state index is 0.0573. The summed E-state index contributed by atoms with van der Waals surface area (Å²) in [7, 11) is 0. The van der Waals surface area contributed by atoms with Gasteiger partial charge in [0.2, 0.25) is 0 Å². The van der Waals surface area contributed by atoms with Crippen LogP contribution >= 0.6 is 0 Å². The van der Waals surface area contributed by atoms with Crippen LogP contribution in [0.1, 0.15) is 74.1 Å². The summed E-state index contributed by atoms with van der Waals surface area (Å²) < 4.78 is 10.5. The van der Waals surface area contributed by atoms with E-state index in [9.17, 15) is 14.4 Å². The van der Waals surface area contributed by atoms with Gasteiger partial charge in [0.05, 0.1) is 0 Å². The molecule has 6 heteroatoms. The van der Waals surface area contributed by atoms with Crippen molar-refractivity contribution in [3.05, 3.63) is 11.6 Å². The van der Waals surface area contributed by atoms with Crippen LogP contribution in [0.5, 0.6) is 0 Å². The summed E-state index contributed by atoms with van der Waals surface area (Å²) in [6.45, 7) is 11.5. The topological polar surface area (TPSA) is 89.9 Å². The molecule has 0 amide bonds. The van der Waals surface area contributed by atoms with Crippen LogP contribution in [0.15, 0.2) is 11.6 Å². The quantitative estimate of drug-likeness (QED) is 0.360. The molecule has 0 aromatic carbocycles. The maximum atomic E-state index is 12.6. The highest BCUT2D eigenvalue weighted by molar-refractivity contribution is 6.07. The van der Waals surface area contributed by atoms with E-state index in [4.69, 9.17) is 14.6 Å². The lowest BCUT2D eigenvalue weighted by atomic mass is 9.92. The highest BCUT2D eigenvalue weighted by Gasteiger charge is 2.49. The van der Waals surface area contributed by atoms with Gasteiger partial charge in [-0.15, -0.1) is 0 Å². The number of aliphatic hydroxyl groups is 1. The first-order valence-electron chi connectivity index (χ1n) is 9.04. The van der Waals surface area contributed by atoms with Crippen LogP contribution in [-0.2, 0) is 23.9 Å². The van der Waals surface area contributed by atoms with Crippen LogP contribution in [0, 0.1) is 5.92 Å². The second-order valence-corrected chi connectivity index (χ2v) is 7.91. The number of rotatable bonds is 10. The van der Waals surface area contributed by atoms with Crippen molar-refractivity contribution in [2.75, 3.05) is 6.61 Å². The standard InChI is InChI=1S/C20H34O6/c1-14(9-8-10-15(2)13-21)11-12-20(16(3)22,25-17(4)23)18(24)26-19(5,6)7/h11,15,21H,8-10,12-13H2,1-7H3/b14-11-. The van der Waals surface area contributed by atoms with E-state index in [1.165, 1.54) is 6.92 Å². The predicted molar refractivity (Wildman–Crippen MR) is 99.5 cm³/mol. The Bertz CT molecular complexity index is 529. The van der Waals surface area contributed by atoms with Gasteiger partial charge in [-0.05, 0) is 59.8 Å². The van der Waals surface area contributed by atoms with Gasteiger partial charge in [-0.25, -0.2) is 4.79 Å². The Balaban J connectivity index is 5.34. The fraction of sp³-hybridized carbons (Fsp3) is 0.750. The highest BCUT2D eigenvalue weighted by atomic mass is 16.6. The minimum Gasteiger partial charge on any atom is -0.457 e. The van der Waals surface area contributed by atoms with Crippen molar-refractivity contribution in [2.24, 2.45) is 5.92 Å². The number of hydrogen-bond acceptors (Lipinski definition) is 6. The van der Waals surface area contributed by atoms with E-state index in [1.807, 2.05) is 13.8 Å². The molecule has 0 saturated carbocycles. The molecule has 150 valence electrons. The lowest BCUT2D eigenvalue weighted by molar-refractivity contribution is -0.191. The zero-order valence-corrected chi connectivity index (χ0v) is 17.2. The number of Topliss-reactive ketones (excluding diaryl/α,β-unsaturated/α-hetero) is 1. The molecular weight excluding hydrogens is 336 g/mol. The lowest BCUT2D eigenvalue weighted by Crippen LogP contribution is -2.51. The molecule has 0 spiro atoms. The van der Waals surface area contributed by atoms with Crippen molar-refractivity contribution < 1.29 is 29.0 Å². The van der Waals surface area contributed by atoms with Gasteiger partial charge < -0.3 is 14.6 Å². The zero-order chi connectivity index (χ0) is 20.5. The van der Waals surface area contributed by atoms with E-state index in [0.29, 0.717) is 0 Å². The Kier molecular flexibility index (Phi) is 9.78. The van der Waals surface area contributed by atoms with Crippen molar-refractivity contribution in [1.82, 2.24) is 0 Å². The van der Waals surface area contributed by atoms with Crippen LogP contribution in [-0.4, -0.2) is 40.6 Å². The average Bonchev–Trinajstić information content (AvgIpc) is 2.48. The number of carbonyl (C=O) groups is 3. The van der Waals surface area contributed by atoms with Gasteiger partial charge in [0, 0.05) is 20.0 Å². The summed E-state index contributed by atoms with van der Waals surface area (Å²) in [5.41, 5.74) is -1.79. The fourth-order valence-electron chi connectivity index (χ4n) is 2.37. The summed E-state index contributed by atoms with van der Waals surface area (Å²) in [6, 6.07) is 0. The molecule has 6 nitrogen and oxygen atoms in total. The molecule has 0 saturated heterocycles. The zero-order valence-electron chi connectivity index (χ0n) is 17.2. The average molecular weight is 370 g/mol. The summed E-state index contributed by atoms with van der Waals surface area (Å²) in [5.74, 6) is -1.90. The Morgan fingerprint density at radius 1 is 1.08 bits per heavy atom. The molecule has 0 aliphatic carbocycles. The number of allylic oxidation sites excluding steroid dienone is 1. The summed E-state index contributed by atoms with van der Waals surface area (Å²) in [5, 5.41) is 9.06. The van der Waals surface area contributed by atoms with Gasteiger partial charge in [0.25, 0.3) is 5.60 Å². The minimum atomic E-state index is -1.96. The number of ketones is 1. The molecule has 26 heavy (non-hydrogen) atoms. The number of ether oxygens (including phenoxy) is 2. The molecule has 0 radical (unpaired) electrons. The molecule has 0 fully saturated rings. The van der Waals surface area contributed by atoms with Crippen molar-refractivity contribution >= 4 is 17.7 Å². The monoisotopic (exact) mass is 370 g/mol. The lowest BCUT2D eigenvalue weighted by Gasteiger charge is -2.31. The van der Waals surface area contributed by atoms with Crippen LogP contribution in [0.2, 0.25) is 0 Å². The van der Waals surface area contributed by atoms with E-state index in [0.717, 1.165) is 31.8 Å². The molecule has 0 aliphatic rings. The maximum Gasteiger partial charge on any atom is 0.359 e. The van der Waals surface area contributed by atoms with Crippen LogP contribution in [0.3, 0.4) is 0 Å². The largest absolute Gasteiger partial charge is 0.457 e. The first-order chi connectivity index (χ1) is 11.8. The molecule has 0 aromatic heterocycles. The predicted octanol–water partition coefficient (Wildman–Crippen LogP) is 3.35. The second-order valence-electron chi connectivity index (χ2n) is 7.91. The van der Waals surface area contributed by atoms with Crippen LogP contribution < -0.4 is 0 Å². The Hall–Kier alpha value is -1.69. The van der Waals surface area contributed by atoms with Gasteiger partial charge >= 0.3 is 11.9 Å². The Morgan fingerprint density at radius 3 is 2.08 bits per heavy atom. The number of esters is 2. The van der Waals surface area contributed by atoms with Gasteiger partial charge in [-0.1, -0.05) is 18.6 Å². The number of hydrogen-bond donors (Lipinski definition) is 1. The highest BCUT2D eigenvalue weighted by Crippen LogP contribution is 2.26. The van der Waals surface area contributed by atoms with E-state index in [1.54, 1.807) is 26.8 Å². The van der Waals surface area contributed by atoms with Crippen LogP contribution in [0.4, 0.5) is 0 Å². The third kappa shape index (κ3) is 8.61. The summed E-state index contributed by atoms with van der Waals surface area (Å²) in [6.07, 6.45) is 4.23. The Labute approximate surface area is 156 Å². The molecule has 1 N–H and O–H groups in total. The van der Waals surface area contributed by atoms with Gasteiger partial charge in [-0.2, -0.15) is 0 Å². The van der Waals surface area contributed by atoms with Crippen molar-refractivity contribution in [1.29, 1.82) is 0 Å². The molecule has 2 unspecified atom stereocenters. The van der Waals surface area contributed by atoms with Gasteiger partial charge in [0.1, 0.15) is 5.60 Å². The van der Waals surface area contributed by atoms with E-state index in [2.05, 4.69) is 0 Å². The fourth-order valence-corrected chi connectivity index (χ4v) is 2.37. The van der Waals surface area contributed by atoms with E-state index < -0.39 is 28.9 Å². The third-order valence-corrected chi connectivity index (χ3v) is 3.93. The molecule has 0 bridgehead atoms. The molecule has 0 aromatic rings. The smallest absolute Gasteiger partial charge is 0.359 e. The second kappa shape index (κ2) is 10.5. The van der Waals surface area contributed by atoms with E-state index >= 15 is 0 Å². The first-order valence-corrected chi connectivity index (χ1v) is 9.04. The normalized spacial score (nSPS) is 15.8. The third-order valence-electron chi connectivity index (χ3n) is 3.93. The van der Waals surface area contributed by atoms with Gasteiger partial charge in [0.15, 0.2) is 5.78 Å². The maximum absolute atomic E-state index is 12.6. The van der Waals surface area contributed by atoms with Crippen molar-refractivity contribution in [3.63, 3.8) is 0 Å². The number of aliphatic hydroxyl groups excluding tert-OH is 1. The summed E-state index contributed by atoms with van der Waals surface area (Å²) >= 11 is 0. The molecule has 0 rings (SSSR count). The molecule has 2 atom stereocenters. The van der Waals surface area contributed by atoms with Crippen LogP contribution in [0.25, 0.3) is 0 Å².